The summed E-state index contributed by atoms with van der Waals surface area (Å²) in [5.74, 6) is 3.81. The highest BCUT2D eigenvalue weighted by Gasteiger charge is 2.31. The first-order chi connectivity index (χ1) is 25.0. The van der Waals surface area contributed by atoms with E-state index in [0.29, 0.717) is 33.4 Å². The largest absolute Gasteiger partial charge is 0.497 e. The first-order valence-electron chi connectivity index (χ1n) is 16.1. The highest BCUT2D eigenvalue weighted by molar-refractivity contribution is 9.11. The number of halogens is 3. The van der Waals surface area contributed by atoms with Gasteiger partial charge in [-0.1, -0.05) is 0 Å². The van der Waals surface area contributed by atoms with Gasteiger partial charge in [-0.15, -0.1) is 12.4 Å². The molecule has 15 nitrogen and oxygen atoms in total. The number of likely N-dealkylation sites (tertiary alicyclic amines) is 1. The van der Waals surface area contributed by atoms with Crippen LogP contribution in [0.25, 0.3) is 0 Å². The number of sulfonamides is 1. The molecule has 2 saturated heterocycles. The molecule has 5 rings (SSSR count). The fourth-order valence-electron chi connectivity index (χ4n) is 4.65. The summed E-state index contributed by atoms with van der Waals surface area (Å²) >= 11 is 6.71. The number of ether oxygens (including phenoxy) is 6. The van der Waals surface area contributed by atoms with E-state index in [-0.39, 0.29) is 35.9 Å². The first kappa shape index (κ1) is 46.7. The molecule has 0 unspecified atom stereocenters. The van der Waals surface area contributed by atoms with Gasteiger partial charge in [-0.05, 0) is 101 Å². The summed E-state index contributed by atoms with van der Waals surface area (Å²) in [4.78, 5) is 15.4. The summed E-state index contributed by atoms with van der Waals surface area (Å²) < 4.78 is 56.7. The van der Waals surface area contributed by atoms with Gasteiger partial charge in [0, 0.05) is 30.0 Å². The second-order valence-electron chi connectivity index (χ2n) is 12.5. The third kappa shape index (κ3) is 13.1. The Hall–Kier alpha value is -3.46. The Balaban J connectivity index is 0.000000292. The number of hydrogen-bond acceptors (Lipinski definition) is 13. The van der Waals surface area contributed by atoms with Crippen LogP contribution in [0.15, 0.2) is 67.5 Å². The number of rotatable bonds is 10. The van der Waals surface area contributed by atoms with Crippen LogP contribution in [0.3, 0.4) is 0 Å². The van der Waals surface area contributed by atoms with Gasteiger partial charge in [-0.25, -0.2) is 4.79 Å². The molecule has 0 spiro atoms. The quantitative estimate of drug-likeness (QED) is 0.167. The van der Waals surface area contributed by atoms with Gasteiger partial charge in [0.15, 0.2) is 0 Å². The lowest BCUT2D eigenvalue weighted by atomic mass is 9.79. The average molecular weight is 925 g/mol. The number of carbonyl (C=O) groups is 1. The van der Waals surface area contributed by atoms with Crippen molar-refractivity contribution in [3.05, 3.63) is 63.0 Å². The molecule has 2 fully saturated rings. The number of benzene rings is 3. The van der Waals surface area contributed by atoms with Gasteiger partial charge in [0.1, 0.15) is 34.3 Å². The molecule has 0 radical (unpaired) electrons. The Morgan fingerprint density at radius 1 is 0.852 bits per heavy atom. The Morgan fingerprint density at radius 3 is 1.81 bits per heavy atom. The number of amides is 1. The fourth-order valence-corrected chi connectivity index (χ4v) is 6.47. The third-order valence-electron chi connectivity index (χ3n) is 7.60. The molecule has 4 N–H and O–H groups in total. The molecular weight excluding hydrogens is 879 g/mol. The Kier molecular flexibility index (Phi) is 18.2. The van der Waals surface area contributed by atoms with Crippen molar-refractivity contribution in [2.24, 2.45) is 5.10 Å². The van der Waals surface area contributed by atoms with Crippen LogP contribution in [0.2, 0.25) is 0 Å². The Morgan fingerprint density at radius 2 is 1.37 bits per heavy atom. The average Bonchev–Trinajstić information content (AvgIpc) is 3.06. The Bertz CT molecular complexity index is 1840. The predicted octanol–water partition coefficient (Wildman–Crippen LogP) is 4.30. The van der Waals surface area contributed by atoms with Gasteiger partial charge in [0.2, 0.25) is 0 Å². The standard InChI is InChI=1S/C15H21N3O5S.C11H14BrNO2.C8H10BBrO4.ClH/c1-15(2,3)23-14(19)18-9-11(10-18)16-17-24(20,21)13-7-5-12(22-4)6-8-13;1-14-10-4-9(12)11(15-2)3-8(10)7-5-13-6-7;1-13-7-4-6(10)8(14-2)3-5(7)9(11)12;/h5-8,17H,9-10H2,1-4H3;3-4,7,13H,5-6H2,1-2H3;3-4,11-12H,1-2H3;1H. The van der Waals surface area contributed by atoms with Crippen LogP contribution in [0.5, 0.6) is 28.7 Å². The molecule has 2 heterocycles. The van der Waals surface area contributed by atoms with E-state index in [1.165, 1.54) is 50.0 Å². The second kappa shape index (κ2) is 21.0. The lowest BCUT2D eigenvalue weighted by Gasteiger charge is -2.34. The zero-order valence-corrected chi connectivity index (χ0v) is 35.9. The molecule has 2 aliphatic rings. The summed E-state index contributed by atoms with van der Waals surface area (Å²) in [6.07, 6.45) is -0.445. The van der Waals surface area contributed by atoms with Crippen LogP contribution in [-0.4, -0.2) is 110 Å². The van der Waals surface area contributed by atoms with E-state index in [9.17, 15) is 13.2 Å². The number of hydrogen-bond donors (Lipinski definition) is 4. The normalized spacial score (nSPS) is 13.5. The maximum atomic E-state index is 12.1. The minimum absolute atomic E-state index is 0. The Labute approximate surface area is 339 Å². The molecule has 3 aromatic carbocycles. The van der Waals surface area contributed by atoms with Crippen molar-refractivity contribution in [2.75, 3.05) is 61.7 Å². The van der Waals surface area contributed by atoms with Gasteiger partial charge in [0.05, 0.1) is 68.2 Å². The summed E-state index contributed by atoms with van der Waals surface area (Å²) in [6, 6.07) is 13.1. The molecule has 0 atom stereocenters. The van der Waals surface area contributed by atoms with E-state index in [1.807, 2.05) is 6.07 Å². The van der Waals surface area contributed by atoms with Crippen LogP contribution in [-0.2, 0) is 14.8 Å². The van der Waals surface area contributed by atoms with E-state index in [2.05, 4.69) is 53.2 Å². The molecule has 2 aliphatic heterocycles. The van der Waals surface area contributed by atoms with Crippen LogP contribution in [0, 0.1) is 0 Å². The smallest absolute Gasteiger partial charge is 0.492 e. The van der Waals surface area contributed by atoms with Crippen LogP contribution < -0.4 is 39.3 Å². The van der Waals surface area contributed by atoms with Crippen molar-refractivity contribution in [2.45, 2.75) is 37.2 Å². The summed E-state index contributed by atoms with van der Waals surface area (Å²) in [7, 11) is 2.51. The number of nitrogens with one attached hydrogen (secondary N) is 2. The minimum Gasteiger partial charge on any atom is -0.497 e. The topological polar surface area (TPSA) is 187 Å². The van der Waals surface area contributed by atoms with Gasteiger partial charge in [0.25, 0.3) is 10.0 Å². The SMILES string of the molecule is COc1cc(B(O)O)c(OC)cc1Br.COc1cc(C2CNC2)c(OC)cc1Br.COc1ccc(S(=O)(=O)NN=C2CN(C(=O)OC(C)(C)C)C2)cc1.Cl. The van der Waals surface area contributed by atoms with E-state index in [0.717, 1.165) is 29.1 Å². The van der Waals surface area contributed by atoms with E-state index in [1.54, 1.807) is 53.2 Å². The molecule has 0 saturated carbocycles. The number of hydrazone groups is 1. The van der Waals surface area contributed by atoms with Crippen molar-refractivity contribution in [3.8, 4) is 28.7 Å². The molecule has 54 heavy (non-hydrogen) atoms. The van der Waals surface area contributed by atoms with Gasteiger partial charge >= 0.3 is 13.2 Å². The maximum Gasteiger partial charge on any atom is 0.492 e. The number of carbonyl (C=O) groups excluding carboxylic acids is 1. The maximum absolute atomic E-state index is 12.1. The predicted molar refractivity (Wildman–Crippen MR) is 216 cm³/mol. The van der Waals surface area contributed by atoms with E-state index in [4.69, 9.17) is 38.5 Å². The number of nitrogens with zero attached hydrogens (tertiary/aromatic N) is 2. The molecule has 1 amide bonds. The summed E-state index contributed by atoms with van der Waals surface area (Å²) in [5.41, 5.74) is 1.47. The number of methoxy groups -OCH3 is 5. The van der Waals surface area contributed by atoms with Crippen LogP contribution in [0.4, 0.5) is 4.79 Å². The molecular formula is C34H46BBr2ClN4O11S. The van der Waals surface area contributed by atoms with Crippen LogP contribution in [0.1, 0.15) is 32.3 Å². The van der Waals surface area contributed by atoms with E-state index < -0.39 is 28.8 Å². The summed E-state index contributed by atoms with van der Waals surface area (Å²) in [6.45, 7) is 7.84. The van der Waals surface area contributed by atoms with Crippen molar-refractivity contribution in [1.29, 1.82) is 0 Å². The first-order valence-corrected chi connectivity index (χ1v) is 19.1. The van der Waals surface area contributed by atoms with Gasteiger partial charge in [-0.2, -0.15) is 18.4 Å². The molecule has 0 aromatic heterocycles. The fraction of sp³-hybridized carbons (Fsp3) is 0.412. The molecule has 298 valence electrons. The second-order valence-corrected chi connectivity index (χ2v) is 15.8. The highest BCUT2D eigenvalue weighted by Crippen LogP contribution is 2.37. The lowest BCUT2D eigenvalue weighted by Crippen LogP contribution is -2.52. The third-order valence-corrected chi connectivity index (χ3v) is 10.1. The van der Waals surface area contributed by atoms with Crippen molar-refractivity contribution < 1.29 is 51.7 Å². The monoisotopic (exact) mass is 922 g/mol. The van der Waals surface area contributed by atoms with Crippen molar-refractivity contribution in [3.63, 3.8) is 0 Å². The summed E-state index contributed by atoms with van der Waals surface area (Å²) in [5, 5.41) is 25.2. The van der Waals surface area contributed by atoms with Crippen LogP contribution >= 0.6 is 44.3 Å². The molecule has 3 aromatic rings. The molecule has 20 heteroatoms. The van der Waals surface area contributed by atoms with Gasteiger partial charge < -0.3 is 43.8 Å². The minimum atomic E-state index is -3.75. The van der Waals surface area contributed by atoms with Crippen molar-refractivity contribution >= 4 is 78.7 Å². The molecule has 0 bridgehead atoms. The zero-order valence-electron chi connectivity index (χ0n) is 31.1. The van der Waals surface area contributed by atoms with E-state index >= 15 is 0 Å². The lowest BCUT2D eigenvalue weighted by molar-refractivity contribution is 0.0264. The highest BCUT2D eigenvalue weighted by atomic mass is 79.9. The zero-order chi connectivity index (χ0) is 39.5. The van der Waals surface area contributed by atoms with Crippen molar-refractivity contribution in [1.82, 2.24) is 15.0 Å². The van der Waals surface area contributed by atoms with Gasteiger partial charge in [-0.3, -0.25) is 4.90 Å². The molecule has 0 aliphatic carbocycles.